The maximum atomic E-state index is 13.5. The topological polar surface area (TPSA) is 111 Å². The highest BCUT2D eigenvalue weighted by molar-refractivity contribution is 7.17. The molecule has 0 radical (unpaired) electrons. The second-order valence-corrected chi connectivity index (χ2v) is 14.7. The summed E-state index contributed by atoms with van der Waals surface area (Å²) in [5, 5.41) is 6.82. The van der Waals surface area contributed by atoms with Gasteiger partial charge in [0.05, 0.1) is 23.3 Å². The van der Waals surface area contributed by atoms with Crippen molar-refractivity contribution in [1.82, 2.24) is 0 Å². The van der Waals surface area contributed by atoms with Crippen LogP contribution in [0.25, 0.3) is 0 Å². The molecule has 234 valence electrons. The first-order chi connectivity index (χ1) is 20.9. The highest BCUT2D eigenvalue weighted by atomic mass is 32.1. The van der Waals surface area contributed by atoms with Crippen molar-refractivity contribution >= 4 is 56.4 Å². The standard InChI is InChI=1S/C34H40N2O6S2/c1-17(2)41-33(39)27-23-12-10-19(5)14-25(23)43-31(27)35-29(37)21-8-7-9-22(16-21)30(38)36-32-28(34(40)42-18(3)4)24-13-11-20(6)15-26(24)44-32/h7-9,16-20H,10-15H2,1-6H3,(H,35,37)(H,36,38). The number of benzene rings is 1. The van der Waals surface area contributed by atoms with E-state index < -0.39 is 23.8 Å². The zero-order valence-electron chi connectivity index (χ0n) is 26.1. The minimum atomic E-state index is -0.435. The molecule has 5 rings (SSSR count). The van der Waals surface area contributed by atoms with E-state index in [2.05, 4.69) is 24.5 Å². The molecule has 2 aliphatic rings. The lowest BCUT2D eigenvalue weighted by molar-refractivity contribution is 0.0367. The Hall–Kier alpha value is -3.50. The van der Waals surface area contributed by atoms with E-state index in [1.807, 2.05) is 0 Å². The molecule has 2 unspecified atom stereocenters. The number of carbonyl (C=O) groups is 4. The third-order valence-corrected chi connectivity index (χ3v) is 10.3. The lowest BCUT2D eigenvalue weighted by Gasteiger charge is -2.19. The van der Waals surface area contributed by atoms with Crippen molar-refractivity contribution in [3.63, 3.8) is 0 Å². The van der Waals surface area contributed by atoms with Crippen LogP contribution in [0.1, 0.15) is 117 Å². The number of amides is 2. The Morgan fingerprint density at radius 3 is 1.52 bits per heavy atom. The summed E-state index contributed by atoms with van der Waals surface area (Å²) in [5.41, 5.74) is 3.34. The molecule has 1 aromatic carbocycles. The number of esters is 2. The Labute approximate surface area is 266 Å². The molecule has 2 aliphatic carbocycles. The van der Waals surface area contributed by atoms with E-state index in [-0.39, 0.29) is 23.3 Å². The molecule has 10 heteroatoms. The van der Waals surface area contributed by atoms with Gasteiger partial charge in [-0.05, 0) is 107 Å². The molecule has 2 atom stereocenters. The number of hydrogen-bond donors (Lipinski definition) is 2. The summed E-state index contributed by atoms with van der Waals surface area (Å²) in [7, 11) is 0. The summed E-state index contributed by atoms with van der Waals surface area (Å²) in [5.74, 6) is -0.721. The summed E-state index contributed by atoms with van der Waals surface area (Å²) >= 11 is 2.85. The fourth-order valence-corrected chi connectivity index (χ4v) is 8.60. The predicted molar refractivity (Wildman–Crippen MR) is 174 cm³/mol. The van der Waals surface area contributed by atoms with Gasteiger partial charge < -0.3 is 20.1 Å². The van der Waals surface area contributed by atoms with Crippen LogP contribution < -0.4 is 10.6 Å². The van der Waals surface area contributed by atoms with Crippen LogP contribution in [0.5, 0.6) is 0 Å². The number of ether oxygens (including phenoxy) is 2. The number of thiophene rings is 2. The van der Waals surface area contributed by atoms with Gasteiger partial charge in [-0.3, -0.25) is 9.59 Å². The molecule has 3 aromatic rings. The van der Waals surface area contributed by atoms with Crippen LogP contribution in [-0.2, 0) is 35.2 Å². The van der Waals surface area contributed by atoms with Crippen LogP contribution in [0.3, 0.4) is 0 Å². The average molecular weight is 637 g/mol. The van der Waals surface area contributed by atoms with Crippen LogP contribution in [0.4, 0.5) is 10.0 Å². The van der Waals surface area contributed by atoms with Gasteiger partial charge in [0.15, 0.2) is 0 Å². The molecule has 44 heavy (non-hydrogen) atoms. The van der Waals surface area contributed by atoms with E-state index in [0.717, 1.165) is 59.4 Å². The van der Waals surface area contributed by atoms with Crippen molar-refractivity contribution in [3.05, 3.63) is 67.4 Å². The van der Waals surface area contributed by atoms with Crippen LogP contribution in [0, 0.1) is 11.8 Å². The summed E-state index contributed by atoms with van der Waals surface area (Å²) in [6.07, 6.45) is 4.60. The fraction of sp³-hybridized carbons (Fsp3) is 0.471. The third-order valence-electron chi connectivity index (χ3n) is 7.96. The maximum absolute atomic E-state index is 13.5. The molecule has 0 spiro atoms. The molecular formula is C34H40N2O6S2. The van der Waals surface area contributed by atoms with Crippen molar-refractivity contribution in [1.29, 1.82) is 0 Å². The molecular weight excluding hydrogens is 597 g/mol. The summed E-state index contributed by atoms with van der Waals surface area (Å²) in [6, 6.07) is 6.43. The number of hydrogen-bond acceptors (Lipinski definition) is 8. The number of fused-ring (bicyclic) bond motifs is 2. The zero-order chi connectivity index (χ0) is 31.7. The van der Waals surface area contributed by atoms with Gasteiger partial charge in [0.1, 0.15) is 10.0 Å². The van der Waals surface area contributed by atoms with Crippen molar-refractivity contribution in [2.24, 2.45) is 11.8 Å². The SMILES string of the molecule is CC1CCc2c(sc(NC(=O)c3cccc(C(=O)Nc4sc5c(c4C(=O)OC(C)C)CCC(C)C5)c3)c2C(=O)OC(C)C)C1. The van der Waals surface area contributed by atoms with E-state index in [1.54, 1.807) is 45.9 Å². The Bertz CT molecular complexity index is 1490. The second kappa shape index (κ2) is 13.2. The fourth-order valence-electron chi connectivity index (χ4n) is 5.81. The van der Waals surface area contributed by atoms with Gasteiger partial charge in [-0.25, -0.2) is 9.59 Å². The number of carbonyl (C=O) groups excluding carboxylic acids is 4. The van der Waals surface area contributed by atoms with E-state index in [9.17, 15) is 19.2 Å². The van der Waals surface area contributed by atoms with Crippen LogP contribution >= 0.6 is 22.7 Å². The largest absolute Gasteiger partial charge is 0.459 e. The molecule has 2 N–H and O–H groups in total. The molecule has 2 aromatic heterocycles. The van der Waals surface area contributed by atoms with Crippen molar-refractivity contribution in [3.8, 4) is 0 Å². The first-order valence-corrected chi connectivity index (χ1v) is 17.0. The highest BCUT2D eigenvalue weighted by Crippen LogP contribution is 2.42. The Morgan fingerprint density at radius 2 is 1.14 bits per heavy atom. The molecule has 0 saturated heterocycles. The van der Waals surface area contributed by atoms with Gasteiger partial charge in [-0.2, -0.15) is 0 Å². The molecule has 2 amide bonds. The first-order valence-electron chi connectivity index (χ1n) is 15.3. The van der Waals surface area contributed by atoms with Crippen molar-refractivity contribution in [2.75, 3.05) is 10.6 Å². The number of rotatable bonds is 8. The van der Waals surface area contributed by atoms with E-state index >= 15 is 0 Å². The quantitative estimate of drug-likeness (QED) is 0.245. The van der Waals surface area contributed by atoms with Gasteiger partial charge in [0, 0.05) is 20.9 Å². The number of nitrogens with one attached hydrogen (secondary N) is 2. The lowest BCUT2D eigenvalue weighted by atomic mass is 9.88. The molecule has 2 heterocycles. The average Bonchev–Trinajstić information content (AvgIpc) is 3.48. The molecule has 0 saturated carbocycles. The van der Waals surface area contributed by atoms with Crippen LogP contribution in [0.2, 0.25) is 0 Å². The molecule has 0 bridgehead atoms. The molecule has 0 aliphatic heterocycles. The van der Waals surface area contributed by atoms with Gasteiger partial charge in [-0.15, -0.1) is 22.7 Å². The Morgan fingerprint density at radius 1 is 0.727 bits per heavy atom. The first kappa shape index (κ1) is 31.9. The minimum absolute atomic E-state index is 0.277. The van der Waals surface area contributed by atoms with Gasteiger partial charge in [0.2, 0.25) is 0 Å². The van der Waals surface area contributed by atoms with E-state index in [4.69, 9.17) is 9.47 Å². The normalized spacial score (nSPS) is 17.5. The highest BCUT2D eigenvalue weighted by Gasteiger charge is 2.31. The van der Waals surface area contributed by atoms with Crippen molar-refractivity contribution in [2.45, 2.75) is 92.3 Å². The number of anilines is 2. The molecule has 0 fully saturated rings. The Balaban J connectivity index is 1.39. The van der Waals surface area contributed by atoms with Gasteiger partial charge in [0.25, 0.3) is 11.8 Å². The third kappa shape index (κ3) is 6.91. The lowest BCUT2D eigenvalue weighted by Crippen LogP contribution is -2.20. The van der Waals surface area contributed by atoms with Crippen LogP contribution in [-0.4, -0.2) is 36.0 Å². The van der Waals surface area contributed by atoms with Gasteiger partial charge >= 0.3 is 11.9 Å². The summed E-state index contributed by atoms with van der Waals surface area (Å²) < 4.78 is 11.1. The minimum Gasteiger partial charge on any atom is -0.459 e. The van der Waals surface area contributed by atoms with Crippen molar-refractivity contribution < 1.29 is 28.7 Å². The molecule has 8 nitrogen and oxygen atoms in total. The van der Waals surface area contributed by atoms with Gasteiger partial charge in [-0.1, -0.05) is 19.9 Å². The summed E-state index contributed by atoms with van der Waals surface area (Å²) in [4.78, 5) is 55.4. The second-order valence-electron chi connectivity index (χ2n) is 12.5. The predicted octanol–water partition coefficient (Wildman–Crippen LogP) is 7.69. The summed E-state index contributed by atoms with van der Waals surface area (Å²) in [6.45, 7) is 11.6. The maximum Gasteiger partial charge on any atom is 0.341 e. The van der Waals surface area contributed by atoms with Crippen LogP contribution in [0.15, 0.2) is 24.3 Å². The van der Waals surface area contributed by atoms with E-state index in [0.29, 0.717) is 33.0 Å². The zero-order valence-corrected chi connectivity index (χ0v) is 27.8. The Kier molecular flexibility index (Phi) is 9.60. The smallest absolute Gasteiger partial charge is 0.341 e. The van der Waals surface area contributed by atoms with E-state index in [1.165, 1.54) is 28.7 Å². The monoisotopic (exact) mass is 636 g/mol.